The lowest BCUT2D eigenvalue weighted by Gasteiger charge is -2.14. The summed E-state index contributed by atoms with van der Waals surface area (Å²) < 4.78 is 5.44. The summed E-state index contributed by atoms with van der Waals surface area (Å²) in [5.41, 5.74) is 0. The predicted molar refractivity (Wildman–Crippen MR) is 89.9 cm³/mol. The molecule has 0 aliphatic heterocycles. The number of carbonyl (C=O) groups excluding carboxylic acids is 1. The fourth-order valence-corrected chi connectivity index (χ4v) is 1.98. The van der Waals surface area contributed by atoms with Gasteiger partial charge in [-0.2, -0.15) is 0 Å². The maximum atomic E-state index is 11.7. The summed E-state index contributed by atoms with van der Waals surface area (Å²) in [5, 5.41) is 0. The third-order valence-electron chi connectivity index (χ3n) is 3.21. The van der Waals surface area contributed by atoms with Crippen LogP contribution in [0.1, 0.15) is 71.6 Å². The van der Waals surface area contributed by atoms with E-state index in [2.05, 4.69) is 38.0 Å². The molecule has 0 aliphatic carbocycles. The van der Waals surface area contributed by atoms with Gasteiger partial charge in [-0.3, -0.25) is 4.79 Å². The van der Waals surface area contributed by atoms with E-state index in [9.17, 15) is 4.79 Å². The Hall–Kier alpha value is -1.49. The molecule has 0 rings (SSSR count). The number of carbonyl (C=O) groups is 1. The Kier molecular flexibility index (Phi) is 13.9. The molecule has 0 radical (unpaired) electrons. The van der Waals surface area contributed by atoms with Crippen molar-refractivity contribution in [3.63, 3.8) is 0 Å². The Balaban J connectivity index is 3.55. The van der Waals surface area contributed by atoms with E-state index in [-0.39, 0.29) is 12.1 Å². The van der Waals surface area contributed by atoms with Gasteiger partial charge in [-0.15, -0.1) is 12.3 Å². The Morgan fingerprint density at radius 3 is 2.62 bits per heavy atom. The number of hydrogen-bond acceptors (Lipinski definition) is 2. The van der Waals surface area contributed by atoms with Crippen molar-refractivity contribution in [3.8, 4) is 12.3 Å². The number of allylic oxidation sites excluding steroid dienone is 4. The molecule has 0 spiro atoms. The number of ether oxygens (including phenoxy) is 1. The number of terminal acetylenes is 1. The molecule has 0 N–H and O–H groups in total. The fourth-order valence-electron chi connectivity index (χ4n) is 1.98. The van der Waals surface area contributed by atoms with Gasteiger partial charge < -0.3 is 4.74 Å². The highest BCUT2D eigenvalue weighted by Gasteiger charge is 2.10. The second-order valence-corrected chi connectivity index (χ2v) is 5.14. The van der Waals surface area contributed by atoms with Crippen molar-refractivity contribution in [2.24, 2.45) is 0 Å². The molecule has 1 atom stereocenters. The van der Waals surface area contributed by atoms with Gasteiger partial charge in [-0.05, 0) is 38.5 Å². The third kappa shape index (κ3) is 13.3. The number of hydrogen-bond donors (Lipinski definition) is 0. The van der Waals surface area contributed by atoms with Crippen LogP contribution < -0.4 is 0 Å². The van der Waals surface area contributed by atoms with Crippen molar-refractivity contribution in [3.05, 3.63) is 24.3 Å². The van der Waals surface area contributed by atoms with Crippen LogP contribution >= 0.6 is 0 Å². The van der Waals surface area contributed by atoms with E-state index in [4.69, 9.17) is 11.2 Å². The monoisotopic (exact) mass is 290 g/mol. The zero-order chi connectivity index (χ0) is 15.8. The molecule has 21 heavy (non-hydrogen) atoms. The average Bonchev–Trinajstić information content (AvgIpc) is 2.48. The first kappa shape index (κ1) is 19.5. The van der Waals surface area contributed by atoms with E-state index in [0.717, 1.165) is 44.9 Å². The topological polar surface area (TPSA) is 26.3 Å². The highest BCUT2D eigenvalue weighted by atomic mass is 16.5. The summed E-state index contributed by atoms with van der Waals surface area (Å²) in [6, 6.07) is 0. The van der Waals surface area contributed by atoms with Crippen molar-refractivity contribution in [1.29, 1.82) is 0 Å². The van der Waals surface area contributed by atoms with Gasteiger partial charge in [-0.25, -0.2) is 0 Å². The van der Waals surface area contributed by atoms with E-state index in [1.54, 1.807) is 0 Å². The Labute approximate surface area is 130 Å². The van der Waals surface area contributed by atoms with Gasteiger partial charge >= 0.3 is 5.97 Å². The molecular formula is C19H30O2. The summed E-state index contributed by atoms with van der Waals surface area (Å²) >= 11 is 0. The molecule has 0 aromatic carbocycles. The first-order chi connectivity index (χ1) is 10.2. The summed E-state index contributed by atoms with van der Waals surface area (Å²) in [7, 11) is 0. The largest absolute Gasteiger partial charge is 0.462 e. The van der Waals surface area contributed by atoms with Gasteiger partial charge in [0.2, 0.25) is 0 Å². The molecule has 0 saturated carbocycles. The maximum Gasteiger partial charge on any atom is 0.306 e. The van der Waals surface area contributed by atoms with Gasteiger partial charge in [-0.1, -0.05) is 44.6 Å². The molecule has 118 valence electrons. The number of unbranched alkanes of at least 4 members (excludes halogenated alkanes) is 2. The Morgan fingerprint density at radius 2 is 1.95 bits per heavy atom. The molecule has 0 aromatic heterocycles. The predicted octanol–water partition coefficient (Wildman–Crippen LogP) is 5.19. The number of esters is 1. The van der Waals surface area contributed by atoms with Gasteiger partial charge in [0.15, 0.2) is 0 Å². The maximum absolute atomic E-state index is 11.7. The Morgan fingerprint density at radius 1 is 1.19 bits per heavy atom. The van der Waals surface area contributed by atoms with Crippen LogP contribution in [0.5, 0.6) is 0 Å². The van der Waals surface area contributed by atoms with Gasteiger partial charge in [0.05, 0.1) is 0 Å². The second kappa shape index (κ2) is 14.9. The molecule has 0 bridgehead atoms. The zero-order valence-electron chi connectivity index (χ0n) is 13.6. The molecule has 0 fully saturated rings. The molecule has 0 heterocycles. The van der Waals surface area contributed by atoms with Crippen molar-refractivity contribution in [1.82, 2.24) is 0 Å². The lowest BCUT2D eigenvalue weighted by atomic mass is 10.1. The standard InChI is InChI=1S/C19H30O2/c1-4-7-8-9-10-11-12-13-14-15-17-19(20)21-18(6-3)16-5-2/h1,8-9,11-12,18H,5-7,10,13-17H2,2-3H3/b9-8-,12-11-. The molecule has 1 unspecified atom stereocenters. The molecule has 0 aliphatic rings. The van der Waals surface area contributed by atoms with Crippen molar-refractivity contribution in [2.75, 3.05) is 0 Å². The average molecular weight is 290 g/mol. The van der Waals surface area contributed by atoms with Gasteiger partial charge in [0.1, 0.15) is 6.10 Å². The van der Waals surface area contributed by atoms with Gasteiger partial charge in [0, 0.05) is 12.8 Å². The fraction of sp³-hybridized carbons (Fsp3) is 0.632. The molecule has 2 heteroatoms. The van der Waals surface area contributed by atoms with E-state index >= 15 is 0 Å². The smallest absolute Gasteiger partial charge is 0.306 e. The summed E-state index contributed by atoms with van der Waals surface area (Å²) in [6.45, 7) is 4.18. The zero-order valence-corrected chi connectivity index (χ0v) is 13.6. The van der Waals surface area contributed by atoms with Crippen molar-refractivity contribution >= 4 is 5.97 Å². The normalized spacial score (nSPS) is 12.6. The highest BCUT2D eigenvalue weighted by Crippen LogP contribution is 2.10. The second-order valence-electron chi connectivity index (χ2n) is 5.14. The van der Waals surface area contributed by atoms with E-state index in [1.807, 2.05) is 6.08 Å². The van der Waals surface area contributed by atoms with E-state index in [0.29, 0.717) is 12.8 Å². The molecule has 0 saturated heterocycles. The summed E-state index contributed by atoms with van der Waals surface area (Å²) in [6.07, 6.45) is 21.7. The minimum absolute atomic E-state index is 0.0449. The molecule has 0 aromatic rings. The SMILES string of the molecule is C#CC/C=C\C/C=C\CCCCC(=O)OC(CC)CCC. The van der Waals surface area contributed by atoms with Crippen LogP contribution in [-0.2, 0) is 9.53 Å². The third-order valence-corrected chi connectivity index (χ3v) is 3.21. The van der Waals surface area contributed by atoms with Crippen molar-refractivity contribution in [2.45, 2.75) is 77.7 Å². The van der Waals surface area contributed by atoms with Crippen LogP contribution in [0.2, 0.25) is 0 Å². The van der Waals surface area contributed by atoms with E-state index in [1.165, 1.54) is 0 Å². The quantitative estimate of drug-likeness (QED) is 0.214. The highest BCUT2D eigenvalue weighted by molar-refractivity contribution is 5.69. The first-order valence-electron chi connectivity index (χ1n) is 8.17. The van der Waals surface area contributed by atoms with Crippen LogP contribution in [0, 0.1) is 12.3 Å². The van der Waals surface area contributed by atoms with Gasteiger partial charge in [0.25, 0.3) is 0 Å². The summed E-state index contributed by atoms with van der Waals surface area (Å²) in [5.74, 6) is 2.52. The minimum Gasteiger partial charge on any atom is -0.462 e. The lowest BCUT2D eigenvalue weighted by Crippen LogP contribution is -2.16. The first-order valence-corrected chi connectivity index (χ1v) is 8.17. The Bertz CT molecular complexity index is 347. The van der Waals surface area contributed by atoms with Crippen LogP contribution in [-0.4, -0.2) is 12.1 Å². The van der Waals surface area contributed by atoms with Crippen molar-refractivity contribution < 1.29 is 9.53 Å². The minimum atomic E-state index is -0.0449. The molecule has 2 nitrogen and oxygen atoms in total. The lowest BCUT2D eigenvalue weighted by molar-refractivity contribution is -0.149. The van der Waals surface area contributed by atoms with Crippen LogP contribution in [0.4, 0.5) is 0 Å². The van der Waals surface area contributed by atoms with Crippen LogP contribution in [0.25, 0.3) is 0 Å². The molecule has 0 amide bonds. The summed E-state index contributed by atoms with van der Waals surface area (Å²) in [4.78, 5) is 11.7. The van der Waals surface area contributed by atoms with Crippen LogP contribution in [0.3, 0.4) is 0 Å². The number of rotatable bonds is 12. The van der Waals surface area contributed by atoms with Crippen LogP contribution in [0.15, 0.2) is 24.3 Å². The molecular weight excluding hydrogens is 260 g/mol. The van der Waals surface area contributed by atoms with E-state index < -0.39 is 0 Å².